The van der Waals surface area contributed by atoms with Crippen molar-refractivity contribution in [3.8, 4) is 5.75 Å². The van der Waals surface area contributed by atoms with Crippen molar-refractivity contribution < 1.29 is 9.53 Å². The molecule has 2 aromatic carbocycles. The van der Waals surface area contributed by atoms with Gasteiger partial charge in [0.15, 0.2) is 0 Å². The molecule has 0 saturated carbocycles. The Bertz CT molecular complexity index is 626. The molecule has 23 heavy (non-hydrogen) atoms. The highest BCUT2D eigenvalue weighted by molar-refractivity contribution is 5.96. The molecule has 4 heteroatoms. The maximum Gasteiger partial charge on any atom is 0.255 e. The Kier molecular flexibility index (Phi) is 6.18. The van der Waals surface area contributed by atoms with Crippen molar-refractivity contribution in [2.75, 3.05) is 27.7 Å². The number of methoxy groups -OCH3 is 1. The van der Waals surface area contributed by atoms with Crippen LogP contribution in [0.2, 0.25) is 0 Å². The van der Waals surface area contributed by atoms with E-state index in [0.717, 1.165) is 6.42 Å². The maximum absolute atomic E-state index is 12.4. The van der Waals surface area contributed by atoms with Gasteiger partial charge in [-0.2, -0.15) is 0 Å². The Morgan fingerprint density at radius 3 is 2.39 bits per heavy atom. The summed E-state index contributed by atoms with van der Waals surface area (Å²) < 4.78 is 5.25. The van der Waals surface area contributed by atoms with Gasteiger partial charge in [-0.15, -0.1) is 0 Å². The minimum Gasteiger partial charge on any atom is -0.496 e. The van der Waals surface area contributed by atoms with E-state index in [1.807, 2.05) is 44.4 Å². The van der Waals surface area contributed by atoms with Gasteiger partial charge in [0.25, 0.3) is 5.91 Å². The van der Waals surface area contributed by atoms with Crippen LogP contribution in [-0.2, 0) is 6.42 Å². The normalized spacial score (nSPS) is 12.0. The van der Waals surface area contributed by atoms with Crippen molar-refractivity contribution in [1.29, 1.82) is 0 Å². The van der Waals surface area contributed by atoms with Crippen molar-refractivity contribution in [2.45, 2.75) is 12.5 Å². The highest BCUT2D eigenvalue weighted by atomic mass is 16.5. The first-order valence-corrected chi connectivity index (χ1v) is 7.73. The summed E-state index contributed by atoms with van der Waals surface area (Å²) in [4.78, 5) is 14.5. The van der Waals surface area contributed by atoms with E-state index in [1.54, 1.807) is 19.2 Å². The number of ether oxygens (including phenoxy) is 1. The Morgan fingerprint density at radius 2 is 1.74 bits per heavy atom. The molecule has 0 radical (unpaired) electrons. The monoisotopic (exact) mass is 312 g/mol. The molecular formula is C19H24N2O2. The zero-order chi connectivity index (χ0) is 16.7. The van der Waals surface area contributed by atoms with Crippen molar-refractivity contribution in [3.63, 3.8) is 0 Å². The fourth-order valence-electron chi connectivity index (χ4n) is 2.46. The van der Waals surface area contributed by atoms with Crippen LogP contribution in [0.4, 0.5) is 0 Å². The van der Waals surface area contributed by atoms with Crippen LogP contribution in [0, 0.1) is 0 Å². The predicted octanol–water partition coefficient (Wildman–Crippen LogP) is 2.60. The average Bonchev–Trinajstić information content (AvgIpc) is 2.58. The highest BCUT2D eigenvalue weighted by Crippen LogP contribution is 2.17. The van der Waals surface area contributed by atoms with Gasteiger partial charge in [0.2, 0.25) is 0 Å². The number of hydrogen-bond acceptors (Lipinski definition) is 3. The minimum absolute atomic E-state index is 0.109. The summed E-state index contributed by atoms with van der Waals surface area (Å²) in [6.07, 6.45) is 0.889. The lowest BCUT2D eigenvalue weighted by molar-refractivity contribution is 0.0938. The van der Waals surface area contributed by atoms with Crippen molar-refractivity contribution >= 4 is 5.91 Å². The molecule has 0 aromatic heterocycles. The molecule has 122 valence electrons. The molecular weight excluding hydrogens is 288 g/mol. The topological polar surface area (TPSA) is 41.6 Å². The molecule has 1 atom stereocenters. The van der Waals surface area contributed by atoms with E-state index in [1.165, 1.54) is 5.56 Å². The van der Waals surface area contributed by atoms with Gasteiger partial charge in [0.1, 0.15) is 5.75 Å². The predicted molar refractivity (Wildman–Crippen MR) is 92.9 cm³/mol. The van der Waals surface area contributed by atoms with Crippen LogP contribution in [0.3, 0.4) is 0 Å². The third-order valence-corrected chi connectivity index (χ3v) is 3.89. The number of nitrogens with one attached hydrogen (secondary N) is 1. The number of para-hydroxylation sites is 1. The van der Waals surface area contributed by atoms with E-state index in [4.69, 9.17) is 4.74 Å². The zero-order valence-corrected chi connectivity index (χ0v) is 14.0. The van der Waals surface area contributed by atoms with Gasteiger partial charge in [-0.25, -0.2) is 0 Å². The Labute approximate surface area is 138 Å². The second-order valence-electron chi connectivity index (χ2n) is 5.72. The zero-order valence-electron chi connectivity index (χ0n) is 14.0. The standard InChI is InChI=1S/C19H24N2O2/c1-21(2)16(13-15-9-5-4-6-10-15)14-20-19(22)17-11-7-8-12-18(17)23-3/h4-12,16H,13-14H2,1-3H3,(H,20,22). The maximum atomic E-state index is 12.4. The van der Waals surface area contributed by atoms with Crippen molar-refractivity contribution in [3.05, 3.63) is 65.7 Å². The first-order valence-electron chi connectivity index (χ1n) is 7.73. The lowest BCUT2D eigenvalue weighted by atomic mass is 10.0. The average molecular weight is 312 g/mol. The number of benzene rings is 2. The molecule has 0 aliphatic heterocycles. The molecule has 1 N–H and O–H groups in total. The van der Waals surface area contributed by atoms with Crippen LogP contribution in [0.15, 0.2) is 54.6 Å². The number of nitrogens with zero attached hydrogens (tertiary/aromatic N) is 1. The summed E-state index contributed by atoms with van der Waals surface area (Å²) in [6, 6.07) is 17.8. The quantitative estimate of drug-likeness (QED) is 0.854. The van der Waals surface area contributed by atoms with E-state index in [9.17, 15) is 4.79 Å². The molecule has 4 nitrogen and oxygen atoms in total. The van der Waals surface area contributed by atoms with Crippen LogP contribution in [0.1, 0.15) is 15.9 Å². The molecule has 2 aromatic rings. The molecule has 0 saturated heterocycles. The fraction of sp³-hybridized carbons (Fsp3) is 0.316. The summed E-state index contributed by atoms with van der Waals surface area (Å²) in [6.45, 7) is 0.582. The van der Waals surface area contributed by atoms with Crippen molar-refractivity contribution in [2.24, 2.45) is 0 Å². The number of amides is 1. The molecule has 0 heterocycles. The van der Waals surface area contributed by atoms with Crippen LogP contribution in [0.5, 0.6) is 5.75 Å². The summed E-state index contributed by atoms with van der Waals surface area (Å²) in [5, 5.41) is 3.01. The number of likely N-dealkylation sites (N-methyl/N-ethyl adjacent to an activating group) is 1. The van der Waals surface area contributed by atoms with Gasteiger partial charge >= 0.3 is 0 Å². The van der Waals surface area contributed by atoms with Gasteiger partial charge in [-0.05, 0) is 38.2 Å². The summed E-state index contributed by atoms with van der Waals surface area (Å²) in [5.74, 6) is 0.483. The third kappa shape index (κ3) is 4.83. The summed E-state index contributed by atoms with van der Waals surface area (Å²) in [7, 11) is 5.63. The van der Waals surface area contributed by atoms with Crippen LogP contribution in [0.25, 0.3) is 0 Å². The molecule has 0 aliphatic carbocycles. The van der Waals surface area contributed by atoms with E-state index >= 15 is 0 Å². The first kappa shape index (κ1) is 17.0. The molecule has 1 unspecified atom stereocenters. The van der Waals surface area contributed by atoms with E-state index in [-0.39, 0.29) is 11.9 Å². The van der Waals surface area contributed by atoms with Crippen LogP contribution >= 0.6 is 0 Å². The minimum atomic E-state index is -0.109. The summed E-state index contributed by atoms with van der Waals surface area (Å²) >= 11 is 0. The van der Waals surface area contributed by atoms with Crippen molar-refractivity contribution in [1.82, 2.24) is 10.2 Å². The Hall–Kier alpha value is -2.33. The molecule has 1 amide bonds. The molecule has 0 spiro atoms. The van der Waals surface area contributed by atoms with Gasteiger partial charge in [0, 0.05) is 12.6 Å². The Morgan fingerprint density at radius 1 is 1.09 bits per heavy atom. The first-order chi connectivity index (χ1) is 11.1. The smallest absolute Gasteiger partial charge is 0.255 e. The van der Waals surface area contributed by atoms with E-state index in [2.05, 4.69) is 22.3 Å². The van der Waals surface area contributed by atoms with Gasteiger partial charge in [0.05, 0.1) is 12.7 Å². The lowest BCUT2D eigenvalue weighted by Gasteiger charge is -2.25. The Balaban J connectivity index is 2.00. The van der Waals surface area contributed by atoms with Gasteiger partial charge in [-0.1, -0.05) is 42.5 Å². The lowest BCUT2D eigenvalue weighted by Crippen LogP contribution is -2.41. The number of hydrogen-bond donors (Lipinski definition) is 1. The van der Waals surface area contributed by atoms with Crippen LogP contribution in [-0.4, -0.2) is 44.6 Å². The molecule has 2 rings (SSSR count). The second-order valence-corrected chi connectivity index (χ2v) is 5.72. The molecule has 0 bridgehead atoms. The summed E-state index contributed by atoms with van der Waals surface area (Å²) in [5.41, 5.74) is 1.82. The molecule has 0 aliphatic rings. The van der Waals surface area contributed by atoms with E-state index in [0.29, 0.717) is 17.9 Å². The molecule has 0 fully saturated rings. The SMILES string of the molecule is COc1ccccc1C(=O)NCC(Cc1ccccc1)N(C)C. The van der Waals surface area contributed by atoms with Gasteiger partial charge in [-0.3, -0.25) is 4.79 Å². The second kappa shape index (κ2) is 8.34. The fourth-order valence-corrected chi connectivity index (χ4v) is 2.46. The van der Waals surface area contributed by atoms with Gasteiger partial charge < -0.3 is 15.0 Å². The largest absolute Gasteiger partial charge is 0.496 e. The third-order valence-electron chi connectivity index (χ3n) is 3.89. The number of rotatable bonds is 7. The van der Waals surface area contributed by atoms with E-state index < -0.39 is 0 Å². The number of carbonyl (C=O) groups is 1. The van der Waals surface area contributed by atoms with Crippen LogP contribution < -0.4 is 10.1 Å². The number of carbonyl (C=O) groups excluding carboxylic acids is 1. The highest BCUT2D eigenvalue weighted by Gasteiger charge is 2.16.